The molecular weight excluding hydrogens is 966 g/mol. The van der Waals surface area contributed by atoms with E-state index in [0.717, 1.165) is 16.7 Å². The number of hydrogen-bond donors (Lipinski definition) is 3. The van der Waals surface area contributed by atoms with Gasteiger partial charge in [-0.25, -0.2) is 0 Å². The van der Waals surface area contributed by atoms with Gasteiger partial charge in [-0.15, -0.1) is 0 Å². The zero-order valence-electron chi connectivity index (χ0n) is 37.3. The summed E-state index contributed by atoms with van der Waals surface area (Å²) in [5, 5.41) is 0. The molecule has 20 heteroatoms. The Morgan fingerprint density at radius 3 is 1.65 bits per heavy atom. The molecule has 68 heavy (non-hydrogen) atoms. The van der Waals surface area contributed by atoms with E-state index in [0.29, 0.717) is 11.5 Å². The summed E-state index contributed by atoms with van der Waals surface area (Å²) in [7, 11) is 3.16. The predicted octanol–water partition coefficient (Wildman–Crippen LogP) is 4.77. The molecule has 2 aliphatic heterocycles. The van der Waals surface area contributed by atoms with Crippen LogP contribution in [0.25, 0.3) is 0 Å². The number of methoxy groups -OCH3 is 2. The van der Waals surface area contributed by atoms with E-state index in [-0.39, 0.29) is 42.7 Å². The molecule has 7 atom stereocenters. The van der Waals surface area contributed by atoms with Crippen molar-refractivity contribution in [2.75, 3.05) is 27.4 Å². The summed E-state index contributed by atoms with van der Waals surface area (Å²) in [4.78, 5) is 80.7. The van der Waals surface area contributed by atoms with Crippen LogP contribution in [0.4, 0.5) is 0 Å². The molecule has 6 aromatic rings. The number of esters is 1. The van der Waals surface area contributed by atoms with Gasteiger partial charge < -0.3 is 0 Å². The van der Waals surface area contributed by atoms with Crippen LogP contribution in [0.2, 0.25) is 0 Å². The van der Waals surface area contributed by atoms with Crippen molar-refractivity contribution in [3.63, 3.8) is 0 Å². The monoisotopic (exact) mass is 1020 g/mol. The molecule has 4 heterocycles. The van der Waals surface area contributed by atoms with Gasteiger partial charge in [0.25, 0.3) is 0 Å². The van der Waals surface area contributed by atoms with Gasteiger partial charge in [-0.2, -0.15) is 0 Å². The average Bonchev–Trinajstić information content (AvgIpc) is 3.94. The molecule has 0 bridgehead atoms. The Labute approximate surface area is 396 Å². The molecule has 8 rings (SSSR count). The molecule has 0 aliphatic carbocycles. The molecule has 0 saturated carbocycles. The van der Waals surface area contributed by atoms with Crippen LogP contribution in [0, 0.1) is 13.8 Å². The Hall–Kier alpha value is -5.98. The number of aromatic nitrogens is 4. The summed E-state index contributed by atoms with van der Waals surface area (Å²) in [6.07, 6.45) is -7.24. The first-order valence-electron chi connectivity index (χ1n) is 21.5. The van der Waals surface area contributed by atoms with Crippen molar-refractivity contribution in [1.82, 2.24) is 19.1 Å². The Morgan fingerprint density at radius 1 is 0.691 bits per heavy atom. The van der Waals surface area contributed by atoms with Crippen LogP contribution in [-0.2, 0) is 33.6 Å². The first-order chi connectivity index (χ1) is 32.7. The van der Waals surface area contributed by atoms with Gasteiger partial charge >= 0.3 is 384 Å². The van der Waals surface area contributed by atoms with Gasteiger partial charge in [0, 0.05) is 0 Å². The molecule has 1 unspecified atom stereocenters. The van der Waals surface area contributed by atoms with Gasteiger partial charge in [0.2, 0.25) is 0 Å². The van der Waals surface area contributed by atoms with E-state index in [1.54, 1.807) is 51.5 Å². The summed E-state index contributed by atoms with van der Waals surface area (Å²) in [5.41, 5.74) is -0.798. The van der Waals surface area contributed by atoms with Crippen LogP contribution in [0.1, 0.15) is 63.5 Å². The number of aromatic amines is 2. The van der Waals surface area contributed by atoms with Gasteiger partial charge in [-0.1, -0.05) is 0 Å². The van der Waals surface area contributed by atoms with Crippen LogP contribution in [-0.4, -0.2) is 96.9 Å². The maximum absolute atomic E-state index is 13.3. The molecule has 0 amide bonds. The number of rotatable bonds is 17. The number of H-pyrrole nitrogens is 2. The van der Waals surface area contributed by atoms with Crippen LogP contribution < -0.4 is 32.0 Å². The summed E-state index contributed by atoms with van der Waals surface area (Å²) in [6.45, 7) is 2.53. The number of aryl methyl sites for hydroxylation is 2. The third-order valence-electron chi connectivity index (χ3n) is 11.8. The topological polar surface area (TPSA) is 221 Å². The number of nitrogens with one attached hydrogen (secondary N) is 2. The van der Waals surface area contributed by atoms with Crippen molar-refractivity contribution in [3.05, 3.63) is 197 Å². The Bertz CT molecular complexity index is 2970. The van der Waals surface area contributed by atoms with Crippen LogP contribution >= 0.6 is 6.19 Å². The standard InChI is InChI=1S/C48H49N4O14PSe/c1-29-25-51(46(56)49-43(29)53)41-23-37(65-45(55)31-11-7-5-8-12-31)40(64-41)28-62-67(58,68)66-38-24-42(52-26-30(2)44(54)50-47(52)57)63-39(38)27-61-48(32-13-9-6-10-14-32,33-15-19-35(59-3)20-16-33)34-17-21-36(60-4)22-18-34/h5-22,25-26,37-42H,23-24,27-28H2,1-4H3,(H,58,68)(H,49,53,56)(H,50,54,57)/t37-,38-,39+,40+,41+,42+,67?/m0/s1. The minimum absolute atomic E-state index is 0.000398. The normalized spacial score (nSPS) is 21.2. The molecule has 2 fully saturated rings. The van der Waals surface area contributed by atoms with Gasteiger partial charge in [0.1, 0.15) is 0 Å². The van der Waals surface area contributed by atoms with Gasteiger partial charge in [-0.05, 0) is 0 Å². The van der Waals surface area contributed by atoms with E-state index in [9.17, 15) is 28.9 Å². The average molecular weight is 1020 g/mol. The minimum atomic E-state index is -3.99. The fourth-order valence-electron chi connectivity index (χ4n) is 8.31. The quantitative estimate of drug-likeness (QED) is 0.0485. The number of carbonyl (C=O) groups excluding carboxylic acids is 1. The Kier molecular flexibility index (Phi) is 14.8. The van der Waals surface area contributed by atoms with E-state index < -0.39 is 77.1 Å². The molecule has 0 radical (unpaired) electrons. The molecule has 18 nitrogen and oxygen atoms in total. The number of ether oxygens (including phenoxy) is 6. The van der Waals surface area contributed by atoms with Crippen molar-refractivity contribution in [1.29, 1.82) is 0 Å². The Morgan fingerprint density at radius 2 is 1.15 bits per heavy atom. The third kappa shape index (κ3) is 10.5. The molecule has 0 spiro atoms. The van der Waals surface area contributed by atoms with Crippen molar-refractivity contribution < 1.29 is 47.2 Å². The molecule has 2 aromatic heterocycles. The second-order valence-corrected chi connectivity index (χ2v) is 20.5. The SMILES string of the molecule is COc1ccc(C(OC[C@H]2O[C@@H](n3cc(C)c(=O)[nH]c3=O)C[C@@H]2OP(O)(=[Se])OC[C@H]2O[C@@H](n3cc(C)c(=O)[nH]c3=O)C[C@@H]2OC(=O)c2ccccc2)(c2ccccc2)c2ccc(OC)cc2)cc1. The fraction of sp³-hybridized carbons (Fsp3) is 0.312. The van der Waals surface area contributed by atoms with Crippen molar-refractivity contribution in [2.24, 2.45) is 0 Å². The third-order valence-corrected chi connectivity index (χ3v) is 14.1. The van der Waals surface area contributed by atoms with Crippen LogP contribution in [0.3, 0.4) is 0 Å². The van der Waals surface area contributed by atoms with Crippen molar-refractivity contribution >= 4 is 27.3 Å². The predicted molar refractivity (Wildman–Crippen MR) is 249 cm³/mol. The maximum atomic E-state index is 13.3. The molecule has 2 saturated heterocycles. The summed E-state index contributed by atoms with van der Waals surface area (Å²) in [5.74, 6) is 0.606. The molecule has 356 valence electrons. The van der Waals surface area contributed by atoms with Gasteiger partial charge in [0.05, 0.1) is 14.2 Å². The van der Waals surface area contributed by atoms with Gasteiger partial charge in [0.15, 0.2) is 0 Å². The first-order valence-corrected chi connectivity index (χ1v) is 25.3. The number of benzene rings is 4. The van der Waals surface area contributed by atoms with E-state index >= 15 is 0 Å². The van der Waals surface area contributed by atoms with E-state index in [1.807, 2.05) is 78.9 Å². The zero-order valence-corrected chi connectivity index (χ0v) is 40.0. The van der Waals surface area contributed by atoms with E-state index in [1.165, 1.54) is 28.5 Å². The van der Waals surface area contributed by atoms with Crippen molar-refractivity contribution in [2.45, 2.75) is 69.2 Å². The Balaban J connectivity index is 1.10. The zero-order chi connectivity index (χ0) is 48.2. The summed E-state index contributed by atoms with van der Waals surface area (Å²) < 4.78 is 51.8. The van der Waals surface area contributed by atoms with Crippen LogP contribution in [0.15, 0.2) is 141 Å². The number of carbonyl (C=O) groups is 1. The molecule has 4 aromatic carbocycles. The summed E-state index contributed by atoms with van der Waals surface area (Å²) in [6, 6.07) is 32.8. The molecule has 2 aliphatic rings. The number of hydrogen-bond acceptors (Lipinski definition) is 14. The van der Waals surface area contributed by atoms with Gasteiger partial charge in [-0.3, -0.25) is 0 Å². The second-order valence-electron chi connectivity index (χ2n) is 16.2. The first kappa shape index (κ1) is 48.5. The second kappa shape index (κ2) is 20.7. The van der Waals surface area contributed by atoms with E-state index in [4.69, 9.17) is 37.5 Å². The molecular formula is C48H49N4O14PSe. The van der Waals surface area contributed by atoms with Crippen LogP contribution in [0.5, 0.6) is 11.5 Å². The van der Waals surface area contributed by atoms with E-state index in [2.05, 4.69) is 25.1 Å². The summed E-state index contributed by atoms with van der Waals surface area (Å²) >= 11 is 2.65. The van der Waals surface area contributed by atoms with Crippen molar-refractivity contribution in [3.8, 4) is 11.5 Å². The molecule has 3 N–H and O–H groups in total. The number of nitrogens with zero attached hydrogens (tertiary/aromatic N) is 2. The fourth-order valence-corrected chi connectivity index (χ4v) is 10.3.